The molecule has 2 aromatic heterocycles. The van der Waals surface area contributed by atoms with E-state index in [9.17, 15) is 0 Å². The molecule has 0 saturated heterocycles. The number of nitrogens with zero attached hydrogens (tertiary/aromatic N) is 2. The van der Waals surface area contributed by atoms with E-state index in [1.807, 2.05) is 26.2 Å². The van der Waals surface area contributed by atoms with Gasteiger partial charge in [-0.25, -0.2) is 0 Å². The van der Waals surface area contributed by atoms with Gasteiger partial charge in [0.2, 0.25) is 0 Å². The zero-order valence-electron chi connectivity index (χ0n) is 11.7. The molecule has 0 fully saturated rings. The largest absolute Gasteiger partial charge is 0.256 e. The van der Waals surface area contributed by atoms with Crippen molar-refractivity contribution in [1.29, 1.82) is 0 Å². The van der Waals surface area contributed by atoms with Crippen molar-refractivity contribution in [2.24, 2.45) is 0 Å². The van der Waals surface area contributed by atoms with Gasteiger partial charge in [0.1, 0.15) is 0 Å². The predicted octanol–water partition coefficient (Wildman–Crippen LogP) is 4.43. The van der Waals surface area contributed by atoms with Crippen LogP contribution in [0.25, 0.3) is 22.5 Å². The number of aryl methyl sites for hydroxylation is 2. The normalized spacial score (nSPS) is 10.5. The zero-order chi connectivity index (χ0) is 13.9. The average Bonchev–Trinajstić information content (AvgIpc) is 2.49. The number of aromatic nitrogens is 2. The molecule has 0 aliphatic carbocycles. The van der Waals surface area contributed by atoms with Crippen LogP contribution in [0, 0.1) is 13.8 Å². The van der Waals surface area contributed by atoms with E-state index >= 15 is 0 Å². The lowest BCUT2D eigenvalue weighted by molar-refractivity contribution is 1.26. The third kappa shape index (κ3) is 2.59. The van der Waals surface area contributed by atoms with Crippen molar-refractivity contribution in [3.05, 3.63) is 72.1 Å². The molecule has 0 amide bonds. The van der Waals surface area contributed by atoms with E-state index in [0.29, 0.717) is 0 Å². The summed E-state index contributed by atoms with van der Waals surface area (Å²) in [6, 6.07) is 16.6. The number of hydrogen-bond donors (Lipinski definition) is 0. The number of pyridine rings is 2. The molecule has 0 aliphatic heterocycles. The van der Waals surface area contributed by atoms with Crippen LogP contribution >= 0.6 is 0 Å². The van der Waals surface area contributed by atoms with Crippen molar-refractivity contribution in [3.8, 4) is 22.5 Å². The minimum absolute atomic E-state index is 0.999. The molecule has 20 heavy (non-hydrogen) atoms. The van der Waals surface area contributed by atoms with Crippen molar-refractivity contribution in [3.63, 3.8) is 0 Å². The lowest BCUT2D eigenvalue weighted by Gasteiger charge is -2.04. The van der Waals surface area contributed by atoms with Crippen LogP contribution in [0.5, 0.6) is 0 Å². The summed E-state index contributed by atoms with van der Waals surface area (Å²) in [5.74, 6) is 0. The van der Waals surface area contributed by atoms with Gasteiger partial charge in [0.05, 0.1) is 11.4 Å². The first-order chi connectivity index (χ1) is 9.72. The first kappa shape index (κ1) is 12.5. The van der Waals surface area contributed by atoms with Gasteiger partial charge >= 0.3 is 0 Å². The van der Waals surface area contributed by atoms with Crippen molar-refractivity contribution >= 4 is 0 Å². The Bertz CT molecular complexity index is 631. The quantitative estimate of drug-likeness (QED) is 0.681. The van der Waals surface area contributed by atoms with Gasteiger partial charge in [-0.1, -0.05) is 36.4 Å². The maximum atomic E-state index is 4.45. The van der Waals surface area contributed by atoms with Gasteiger partial charge in [0.15, 0.2) is 0 Å². The van der Waals surface area contributed by atoms with Crippen LogP contribution < -0.4 is 0 Å². The second-order valence-corrected chi connectivity index (χ2v) is 5.02. The van der Waals surface area contributed by atoms with E-state index in [-0.39, 0.29) is 0 Å². The predicted molar refractivity (Wildman–Crippen MR) is 82.4 cm³/mol. The van der Waals surface area contributed by atoms with Crippen molar-refractivity contribution in [2.75, 3.05) is 0 Å². The smallest absolute Gasteiger partial charge is 0.0702 e. The summed E-state index contributed by atoms with van der Waals surface area (Å²) < 4.78 is 0. The van der Waals surface area contributed by atoms with Gasteiger partial charge in [-0.2, -0.15) is 0 Å². The third-order valence-electron chi connectivity index (χ3n) is 3.30. The molecule has 3 aromatic rings. The van der Waals surface area contributed by atoms with Gasteiger partial charge < -0.3 is 0 Å². The Hall–Kier alpha value is -2.48. The van der Waals surface area contributed by atoms with Crippen LogP contribution in [0.3, 0.4) is 0 Å². The topological polar surface area (TPSA) is 25.8 Å². The molecule has 2 nitrogen and oxygen atoms in total. The van der Waals surface area contributed by atoms with Crippen LogP contribution in [0.1, 0.15) is 11.1 Å². The van der Waals surface area contributed by atoms with Crippen LogP contribution in [-0.4, -0.2) is 9.97 Å². The average molecular weight is 260 g/mol. The minimum atomic E-state index is 0.999. The maximum absolute atomic E-state index is 4.45. The summed E-state index contributed by atoms with van der Waals surface area (Å²) in [5.41, 5.74) is 6.60. The first-order valence-corrected chi connectivity index (χ1v) is 6.68. The highest BCUT2D eigenvalue weighted by Crippen LogP contribution is 2.22. The Kier molecular flexibility index (Phi) is 3.30. The highest BCUT2D eigenvalue weighted by Gasteiger charge is 2.02. The fourth-order valence-corrected chi connectivity index (χ4v) is 2.09. The summed E-state index contributed by atoms with van der Waals surface area (Å²) in [6.45, 7) is 4.09. The molecule has 0 saturated carbocycles. The monoisotopic (exact) mass is 260 g/mol. The molecule has 0 spiro atoms. The van der Waals surface area contributed by atoms with E-state index in [1.165, 1.54) is 11.1 Å². The second kappa shape index (κ2) is 5.25. The molecule has 0 radical (unpaired) electrons. The maximum Gasteiger partial charge on any atom is 0.0702 e. The molecule has 2 heterocycles. The Labute approximate surface area is 119 Å². The Morgan fingerprint density at radius 2 is 0.950 bits per heavy atom. The van der Waals surface area contributed by atoms with Gasteiger partial charge in [0.25, 0.3) is 0 Å². The van der Waals surface area contributed by atoms with Crippen LogP contribution in [-0.2, 0) is 0 Å². The minimum Gasteiger partial charge on any atom is -0.256 e. The van der Waals surface area contributed by atoms with E-state index in [4.69, 9.17) is 0 Å². The molecule has 2 heteroatoms. The Morgan fingerprint density at radius 3 is 1.25 bits per heavy atom. The lowest BCUT2D eigenvalue weighted by Crippen LogP contribution is -1.86. The highest BCUT2D eigenvalue weighted by molar-refractivity contribution is 5.66. The Balaban J connectivity index is 1.91. The summed E-state index contributed by atoms with van der Waals surface area (Å²) in [5, 5.41) is 0. The molecular formula is C18H16N2. The van der Waals surface area contributed by atoms with Crippen molar-refractivity contribution < 1.29 is 0 Å². The molecule has 0 unspecified atom stereocenters. The SMILES string of the molecule is Cc1ccc(-c2ccc(-c3ccc(C)cn3)cc2)nc1. The molecule has 0 N–H and O–H groups in total. The number of benzene rings is 1. The summed E-state index contributed by atoms with van der Waals surface area (Å²) in [7, 11) is 0. The Morgan fingerprint density at radius 1 is 0.550 bits per heavy atom. The summed E-state index contributed by atoms with van der Waals surface area (Å²) in [6.07, 6.45) is 3.79. The molecule has 98 valence electrons. The summed E-state index contributed by atoms with van der Waals surface area (Å²) in [4.78, 5) is 8.89. The van der Waals surface area contributed by atoms with Gasteiger partial charge in [-0.3, -0.25) is 9.97 Å². The van der Waals surface area contributed by atoms with Crippen LogP contribution in [0.4, 0.5) is 0 Å². The number of rotatable bonds is 2. The molecule has 3 rings (SSSR count). The lowest BCUT2D eigenvalue weighted by atomic mass is 10.1. The van der Waals surface area contributed by atoms with Crippen molar-refractivity contribution in [2.45, 2.75) is 13.8 Å². The molecule has 1 aromatic carbocycles. The molecular weight excluding hydrogens is 244 g/mol. The molecule has 0 aliphatic rings. The number of hydrogen-bond acceptors (Lipinski definition) is 2. The highest BCUT2D eigenvalue weighted by atomic mass is 14.7. The van der Waals surface area contributed by atoms with E-state index in [2.05, 4.69) is 58.5 Å². The molecule has 0 bridgehead atoms. The zero-order valence-corrected chi connectivity index (χ0v) is 11.7. The van der Waals surface area contributed by atoms with Gasteiger partial charge in [-0.05, 0) is 37.1 Å². The fraction of sp³-hybridized carbons (Fsp3) is 0.111. The van der Waals surface area contributed by atoms with E-state index in [0.717, 1.165) is 22.5 Å². The van der Waals surface area contributed by atoms with Gasteiger partial charge in [0, 0.05) is 23.5 Å². The fourth-order valence-electron chi connectivity index (χ4n) is 2.09. The summed E-state index contributed by atoms with van der Waals surface area (Å²) >= 11 is 0. The van der Waals surface area contributed by atoms with Crippen LogP contribution in [0.15, 0.2) is 60.9 Å². The third-order valence-corrected chi connectivity index (χ3v) is 3.30. The van der Waals surface area contributed by atoms with Gasteiger partial charge in [-0.15, -0.1) is 0 Å². The van der Waals surface area contributed by atoms with E-state index in [1.54, 1.807) is 0 Å². The second-order valence-electron chi connectivity index (χ2n) is 5.02. The van der Waals surface area contributed by atoms with Crippen LogP contribution in [0.2, 0.25) is 0 Å². The van der Waals surface area contributed by atoms with E-state index < -0.39 is 0 Å². The first-order valence-electron chi connectivity index (χ1n) is 6.68. The van der Waals surface area contributed by atoms with Crippen molar-refractivity contribution in [1.82, 2.24) is 9.97 Å². The molecule has 0 atom stereocenters. The standard InChI is InChI=1S/C18H16N2/c1-13-3-9-17(19-11-13)15-5-7-16(8-6-15)18-10-4-14(2)12-20-18/h3-12H,1-2H3.